The molecule has 1 aliphatic rings. The molecule has 0 spiro atoms. The maximum absolute atomic E-state index is 5.31. The van der Waals surface area contributed by atoms with E-state index in [9.17, 15) is 0 Å². The maximum atomic E-state index is 5.31. The summed E-state index contributed by atoms with van der Waals surface area (Å²) in [5.41, 5.74) is 1.97. The number of rotatable bonds is 1. The summed E-state index contributed by atoms with van der Waals surface area (Å²) in [4.78, 5) is 4.18. The molecule has 2 nitrogen and oxygen atoms in total. The summed E-state index contributed by atoms with van der Waals surface area (Å²) in [5.74, 6) is 0. The van der Waals surface area contributed by atoms with Crippen molar-refractivity contribution in [2.24, 2.45) is 4.99 Å². The first-order valence-electron chi connectivity index (χ1n) is 3.74. The van der Waals surface area contributed by atoms with Gasteiger partial charge in [-0.3, -0.25) is 4.99 Å². The topological polar surface area (TPSA) is 21.6 Å². The van der Waals surface area contributed by atoms with Crippen molar-refractivity contribution < 1.29 is 4.74 Å². The molecule has 60 valence electrons. The Labute approximate surface area is 67.3 Å². The van der Waals surface area contributed by atoms with Crippen molar-refractivity contribution in [2.45, 2.75) is 20.0 Å². The van der Waals surface area contributed by atoms with Crippen LogP contribution < -0.4 is 0 Å². The molecule has 0 aromatic carbocycles. The van der Waals surface area contributed by atoms with Gasteiger partial charge in [-0.2, -0.15) is 0 Å². The summed E-state index contributed by atoms with van der Waals surface area (Å²) in [7, 11) is 0. The average Bonchev–Trinajstić information content (AvgIpc) is 2.31. The number of ether oxygens (including phenoxy) is 1. The minimum absolute atomic E-state index is 0.138. The van der Waals surface area contributed by atoms with Crippen molar-refractivity contribution in [3.63, 3.8) is 0 Å². The van der Waals surface area contributed by atoms with Crippen LogP contribution in [0.15, 0.2) is 29.4 Å². The Bertz CT molecular complexity index is 216. The third-order valence-electron chi connectivity index (χ3n) is 1.71. The molecular weight excluding hydrogens is 138 g/mol. The molecule has 1 heterocycles. The van der Waals surface area contributed by atoms with Gasteiger partial charge >= 0.3 is 0 Å². The molecule has 0 amide bonds. The van der Waals surface area contributed by atoms with Gasteiger partial charge in [-0.1, -0.05) is 12.7 Å². The third-order valence-corrected chi connectivity index (χ3v) is 1.71. The summed E-state index contributed by atoms with van der Waals surface area (Å²) < 4.78 is 5.31. The predicted molar refractivity (Wildman–Crippen MR) is 46.8 cm³/mol. The van der Waals surface area contributed by atoms with E-state index in [4.69, 9.17) is 4.74 Å². The van der Waals surface area contributed by atoms with E-state index < -0.39 is 0 Å². The fourth-order valence-corrected chi connectivity index (χ4v) is 0.917. The second-order valence-electron chi connectivity index (χ2n) is 2.54. The molecule has 1 atom stereocenters. The third kappa shape index (κ3) is 1.77. The lowest BCUT2D eigenvalue weighted by molar-refractivity contribution is 0.149. The number of allylic oxidation sites excluding steroid dienone is 1. The highest BCUT2D eigenvalue weighted by atomic mass is 16.5. The molecule has 1 saturated heterocycles. The summed E-state index contributed by atoms with van der Waals surface area (Å²) in [5, 5.41) is 0. The number of nitrogens with zero attached hydrogens (tertiary/aromatic N) is 1. The molecule has 0 aromatic rings. The highest BCUT2D eigenvalue weighted by Gasteiger charge is 2.20. The first-order chi connectivity index (χ1) is 5.25. The Hall–Kier alpha value is -0.890. The molecular formula is C9H13NO. The van der Waals surface area contributed by atoms with E-state index in [0.29, 0.717) is 6.61 Å². The van der Waals surface area contributed by atoms with Gasteiger partial charge in [0.2, 0.25) is 0 Å². The van der Waals surface area contributed by atoms with Gasteiger partial charge in [-0.05, 0) is 19.4 Å². The van der Waals surface area contributed by atoms with Gasteiger partial charge in [-0.15, -0.1) is 0 Å². The second kappa shape index (κ2) is 3.49. The Morgan fingerprint density at radius 1 is 1.73 bits per heavy atom. The molecule has 1 fully saturated rings. The molecule has 0 radical (unpaired) electrons. The summed E-state index contributed by atoms with van der Waals surface area (Å²) in [6.07, 6.45) is 3.80. The molecule has 2 heteroatoms. The van der Waals surface area contributed by atoms with E-state index in [1.165, 1.54) is 0 Å². The Balaban J connectivity index is 2.69. The van der Waals surface area contributed by atoms with Crippen LogP contribution in [-0.4, -0.2) is 18.4 Å². The molecule has 0 aromatic heterocycles. The standard InChI is InChI=1S/C9H13NO/c1-4-5-10-9-6-11-8(3)7(9)2/h4-5,8H,2,6H2,1,3H3/b5-4-,10-9-. The van der Waals surface area contributed by atoms with E-state index in [1.807, 2.05) is 19.9 Å². The van der Waals surface area contributed by atoms with Crippen LogP contribution in [0, 0.1) is 0 Å². The van der Waals surface area contributed by atoms with Crippen LogP contribution >= 0.6 is 0 Å². The zero-order valence-corrected chi connectivity index (χ0v) is 7.00. The van der Waals surface area contributed by atoms with Crippen molar-refractivity contribution in [1.29, 1.82) is 0 Å². The van der Waals surface area contributed by atoms with Gasteiger partial charge < -0.3 is 4.74 Å². The number of hydrogen-bond acceptors (Lipinski definition) is 2. The quantitative estimate of drug-likeness (QED) is 0.561. The van der Waals surface area contributed by atoms with Crippen LogP contribution in [0.5, 0.6) is 0 Å². The summed E-state index contributed by atoms with van der Waals surface area (Å²) >= 11 is 0. The fraction of sp³-hybridized carbons (Fsp3) is 0.444. The van der Waals surface area contributed by atoms with E-state index in [1.54, 1.807) is 6.20 Å². The fourth-order valence-electron chi connectivity index (χ4n) is 0.917. The van der Waals surface area contributed by atoms with E-state index >= 15 is 0 Å². The highest BCUT2D eigenvalue weighted by Crippen LogP contribution is 2.15. The minimum atomic E-state index is 0.138. The van der Waals surface area contributed by atoms with Gasteiger partial charge in [0.05, 0.1) is 18.4 Å². The van der Waals surface area contributed by atoms with Crippen LogP contribution in [-0.2, 0) is 4.74 Å². The molecule has 1 unspecified atom stereocenters. The van der Waals surface area contributed by atoms with E-state index in [0.717, 1.165) is 11.3 Å². The molecule has 11 heavy (non-hydrogen) atoms. The van der Waals surface area contributed by atoms with E-state index in [2.05, 4.69) is 11.6 Å². The molecule has 0 bridgehead atoms. The zero-order valence-electron chi connectivity index (χ0n) is 7.00. The van der Waals surface area contributed by atoms with Gasteiger partial charge in [0.15, 0.2) is 0 Å². The van der Waals surface area contributed by atoms with Gasteiger partial charge in [0, 0.05) is 6.20 Å². The van der Waals surface area contributed by atoms with Crippen molar-refractivity contribution >= 4 is 5.71 Å². The van der Waals surface area contributed by atoms with Gasteiger partial charge in [-0.25, -0.2) is 0 Å². The minimum Gasteiger partial charge on any atom is -0.367 e. The van der Waals surface area contributed by atoms with Crippen molar-refractivity contribution in [2.75, 3.05) is 6.61 Å². The lowest BCUT2D eigenvalue weighted by Gasteiger charge is -1.98. The number of hydrogen-bond donors (Lipinski definition) is 0. The van der Waals surface area contributed by atoms with Crippen molar-refractivity contribution in [1.82, 2.24) is 0 Å². The molecule has 0 aliphatic carbocycles. The largest absolute Gasteiger partial charge is 0.367 e. The van der Waals surface area contributed by atoms with Crippen LogP contribution in [0.1, 0.15) is 13.8 Å². The van der Waals surface area contributed by atoms with Crippen LogP contribution in [0.4, 0.5) is 0 Å². The molecule has 0 saturated carbocycles. The lowest BCUT2D eigenvalue weighted by atomic mass is 10.1. The van der Waals surface area contributed by atoms with E-state index in [-0.39, 0.29) is 6.10 Å². The average molecular weight is 151 g/mol. The summed E-state index contributed by atoms with van der Waals surface area (Å²) in [6, 6.07) is 0. The SMILES string of the molecule is C=C1/C(=N\C=C/C)COC1C. The molecule has 0 N–H and O–H groups in total. The highest BCUT2D eigenvalue weighted by molar-refractivity contribution is 6.03. The smallest absolute Gasteiger partial charge is 0.0899 e. The molecule has 1 aliphatic heterocycles. The Morgan fingerprint density at radius 3 is 2.91 bits per heavy atom. The predicted octanol–water partition coefficient (Wildman–Crippen LogP) is 1.94. The normalized spacial score (nSPS) is 29.1. The van der Waals surface area contributed by atoms with Crippen LogP contribution in [0.25, 0.3) is 0 Å². The second-order valence-corrected chi connectivity index (χ2v) is 2.54. The monoisotopic (exact) mass is 151 g/mol. The van der Waals surface area contributed by atoms with Crippen molar-refractivity contribution in [3.05, 3.63) is 24.4 Å². The van der Waals surface area contributed by atoms with Crippen LogP contribution in [0.2, 0.25) is 0 Å². The van der Waals surface area contributed by atoms with Crippen molar-refractivity contribution in [3.8, 4) is 0 Å². The first kappa shape index (κ1) is 8.21. The number of aliphatic imine (C=N–C) groups is 1. The maximum Gasteiger partial charge on any atom is 0.0899 e. The molecule has 1 rings (SSSR count). The van der Waals surface area contributed by atoms with Crippen LogP contribution in [0.3, 0.4) is 0 Å². The Morgan fingerprint density at radius 2 is 2.45 bits per heavy atom. The first-order valence-corrected chi connectivity index (χ1v) is 3.74. The Kier molecular flexibility index (Phi) is 2.60. The van der Waals surface area contributed by atoms with Gasteiger partial charge in [0.1, 0.15) is 0 Å². The lowest BCUT2D eigenvalue weighted by Crippen LogP contribution is -2.01. The summed E-state index contributed by atoms with van der Waals surface area (Å²) in [6.45, 7) is 8.40. The zero-order chi connectivity index (χ0) is 8.27. The van der Waals surface area contributed by atoms with Gasteiger partial charge in [0.25, 0.3) is 0 Å².